The summed E-state index contributed by atoms with van der Waals surface area (Å²) in [7, 11) is 1.58. The molecule has 1 aliphatic heterocycles. The molecule has 1 fully saturated rings. The number of hydrogen-bond donors (Lipinski definition) is 1. The topological polar surface area (TPSA) is 94.2 Å². The van der Waals surface area contributed by atoms with Gasteiger partial charge < -0.3 is 14.2 Å². The molecule has 5 rings (SSSR count). The van der Waals surface area contributed by atoms with Crippen LogP contribution in [0.25, 0.3) is 6.08 Å². The van der Waals surface area contributed by atoms with Crippen LogP contribution in [0.2, 0.25) is 5.02 Å². The molecule has 4 aromatic rings. The van der Waals surface area contributed by atoms with Gasteiger partial charge in [0.05, 0.1) is 21.7 Å². The molecule has 1 N–H and O–H groups in total. The second kappa shape index (κ2) is 13.7. The van der Waals surface area contributed by atoms with E-state index in [4.69, 9.17) is 25.8 Å². The number of nitrogens with zero attached hydrogens (tertiary/aromatic N) is 1. The van der Waals surface area contributed by atoms with E-state index in [9.17, 15) is 14.4 Å². The van der Waals surface area contributed by atoms with Crippen molar-refractivity contribution in [1.29, 1.82) is 0 Å². The molecule has 1 saturated heterocycles. The highest BCUT2D eigenvalue weighted by atomic mass is 79.9. The Morgan fingerprint density at radius 1 is 0.841 bits per heavy atom. The van der Waals surface area contributed by atoms with Crippen molar-refractivity contribution in [3.8, 4) is 17.2 Å². The Balaban J connectivity index is 1.31. The van der Waals surface area contributed by atoms with Crippen LogP contribution in [-0.2, 0) is 22.8 Å². The molecule has 0 radical (unpaired) electrons. The van der Waals surface area contributed by atoms with Gasteiger partial charge >= 0.3 is 6.03 Å². The van der Waals surface area contributed by atoms with Gasteiger partial charge in [-0.25, -0.2) is 9.69 Å². The highest BCUT2D eigenvalue weighted by Crippen LogP contribution is 2.37. The monoisotopic (exact) mass is 738 g/mol. The summed E-state index contributed by atoms with van der Waals surface area (Å²) in [5, 5.41) is 2.61. The predicted octanol–water partition coefficient (Wildman–Crippen LogP) is 8.01. The number of ether oxygens (including phenoxy) is 3. The minimum absolute atomic E-state index is 0.213. The number of imide groups is 2. The van der Waals surface area contributed by atoms with Gasteiger partial charge in [-0.15, -0.1) is 0 Å². The number of aryl methyl sites for hydroxylation is 1. The van der Waals surface area contributed by atoms with E-state index in [1.165, 1.54) is 12.1 Å². The van der Waals surface area contributed by atoms with Crippen molar-refractivity contribution < 1.29 is 28.6 Å². The third-order valence-electron chi connectivity index (χ3n) is 6.70. The number of halogens is 3. The van der Waals surface area contributed by atoms with Crippen molar-refractivity contribution in [1.82, 2.24) is 5.32 Å². The van der Waals surface area contributed by atoms with Gasteiger partial charge in [0.15, 0.2) is 11.5 Å². The molecule has 4 aromatic carbocycles. The fraction of sp³-hybridized carbons (Fsp3) is 0.121. The summed E-state index contributed by atoms with van der Waals surface area (Å²) in [6.07, 6.45) is 1.41. The molecule has 1 aliphatic rings. The molecule has 4 amide bonds. The van der Waals surface area contributed by atoms with Gasteiger partial charge in [0.1, 0.15) is 24.5 Å². The van der Waals surface area contributed by atoms with E-state index in [2.05, 4.69) is 37.2 Å². The van der Waals surface area contributed by atoms with Crippen LogP contribution in [0.5, 0.6) is 17.2 Å². The third kappa shape index (κ3) is 6.99. The predicted molar refractivity (Wildman–Crippen MR) is 175 cm³/mol. The molecule has 224 valence electrons. The molecule has 0 aliphatic carbocycles. The van der Waals surface area contributed by atoms with Crippen LogP contribution in [0, 0.1) is 6.92 Å². The van der Waals surface area contributed by atoms with Crippen molar-refractivity contribution in [2.75, 3.05) is 12.0 Å². The first-order chi connectivity index (χ1) is 21.1. The molecule has 0 atom stereocenters. The van der Waals surface area contributed by atoms with Gasteiger partial charge in [0.25, 0.3) is 11.8 Å². The number of carbonyl (C=O) groups excluding carboxylic acids is 3. The first-order valence-corrected chi connectivity index (χ1v) is 15.2. The minimum Gasteiger partial charge on any atom is -0.493 e. The first-order valence-electron chi connectivity index (χ1n) is 13.3. The molecular weight excluding hydrogens is 716 g/mol. The fourth-order valence-corrected chi connectivity index (χ4v) is 6.02. The van der Waals surface area contributed by atoms with E-state index in [-0.39, 0.29) is 17.9 Å². The molecule has 0 unspecified atom stereocenters. The van der Waals surface area contributed by atoms with Crippen LogP contribution in [-0.4, -0.2) is 25.0 Å². The van der Waals surface area contributed by atoms with Crippen molar-refractivity contribution in [3.05, 3.63) is 121 Å². The number of amides is 4. The molecule has 8 nitrogen and oxygen atoms in total. The van der Waals surface area contributed by atoms with Crippen molar-refractivity contribution in [2.24, 2.45) is 0 Å². The van der Waals surface area contributed by atoms with Gasteiger partial charge in [0.2, 0.25) is 0 Å². The summed E-state index contributed by atoms with van der Waals surface area (Å²) in [5.74, 6) is 0.148. The highest BCUT2D eigenvalue weighted by molar-refractivity contribution is 9.11. The first kappa shape index (κ1) is 31.3. The summed E-state index contributed by atoms with van der Waals surface area (Å²) in [4.78, 5) is 39.4. The largest absolute Gasteiger partial charge is 0.493 e. The minimum atomic E-state index is -0.851. The summed E-state index contributed by atoms with van der Waals surface area (Å²) < 4.78 is 18.7. The zero-order valence-corrected chi connectivity index (χ0v) is 27.5. The molecule has 0 bridgehead atoms. The number of carbonyl (C=O) groups is 3. The van der Waals surface area contributed by atoms with Crippen LogP contribution < -0.4 is 24.4 Å². The van der Waals surface area contributed by atoms with E-state index in [0.29, 0.717) is 43.4 Å². The molecule has 44 heavy (non-hydrogen) atoms. The number of benzene rings is 4. The van der Waals surface area contributed by atoms with Crippen molar-refractivity contribution >= 4 is 73.1 Å². The number of methoxy groups -OCH3 is 1. The maximum Gasteiger partial charge on any atom is 0.335 e. The number of anilines is 1. The van der Waals surface area contributed by atoms with E-state index in [0.717, 1.165) is 21.6 Å². The lowest BCUT2D eigenvalue weighted by molar-refractivity contribution is -0.122. The van der Waals surface area contributed by atoms with Gasteiger partial charge in [-0.05, 0) is 104 Å². The Morgan fingerprint density at radius 3 is 2.23 bits per heavy atom. The van der Waals surface area contributed by atoms with Gasteiger partial charge in [-0.1, -0.05) is 54.1 Å². The Hall–Kier alpha value is -4.12. The van der Waals surface area contributed by atoms with E-state index < -0.39 is 17.8 Å². The molecule has 11 heteroatoms. The van der Waals surface area contributed by atoms with Crippen LogP contribution in [0.3, 0.4) is 0 Å². The summed E-state index contributed by atoms with van der Waals surface area (Å²) in [6.45, 7) is 2.44. The van der Waals surface area contributed by atoms with Gasteiger partial charge in [-0.3, -0.25) is 14.9 Å². The molecule has 0 aromatic heterocycles. The van der Waals surface area contributed by atoms with Gasteiger partial charge in [0, 0.05) is 5.02 Å². The van der Waals surface area contributed by atoms with Crippen molar-refractivity contribution in [3.63, 3.8) is 0 Å². The Labute approximate surface area is 275 Å². The summed E-state index contributed by atoms with van der Waals surface area (Å²) in [5.41, 5.74) is 3.24. The van der Waals surface area contributed by atoms with Crippen LogP contribution in [0.15, 0.2) is 93.4 Å². The standard InChI is InChI=1S/C33H25Br2ClN2O6/c1-19-8-10-23(16-27(19)36)38-32(40)24(31(39)37-33(38)41)12-22-13-25(34)30(26(35)14-22)44-18-21-9-11-28(29(15-21)42-2)43-17-20-6-4-3-5-7-20/h3-16H,17-18H2,1-2H3,(H,37,39,41)/b24-12+. The zero-order valence-electron chi connectivity index (χ0n) is 23.5. The van der Waals surface area contributed by atoms with E-state index in [1.54, 1.807) is 38.3 Å². The lowest BCUT2D eigenvalue weighted by Crippen LogP contribution is -2.54. The smallest absolute Gasteiger partial charge is 0.335 e. The maximum atomic E-state index is 13.3. The second-order valence-corrected chi connectivity index (χ2v) is 11.9. The Morgan fingerprint density at radius 2 is 1.55 bits per heavy atom. The number of urea groups is 1. The van der Waals surface area contributed by atoms with Crippen LogP contribution >= 0.6 is 43.5 Å². The van der Waals surface area contributed by atoms with Crippen LogP contribution in [0.4, 0.5) is 10.5 Å². The fourth-order valence-electron chi connectivity index (χ4n) is 4.39. The number of rotatable bonds is 9. The SMILES string of the molecule is COc1cc(COc2c(Br)cc(/C=C3\C(=O)NC(=O)N(c4ccc(C)c(Cl)c4)C3=O)cc2Br)ccc1OCc1ccccc1. The average molecular weight is 741 g/mol. The normalized spacial score (nSPS) is 14.1. The maximum absolute atomic E-state index is 13.3. The lowest BCUT2D eigenvalue weighted by atomic mass is 10.1. The van der Waals surface area contributed by atoms with E-state index >= 15 is 0 Å². The second-order valence-electron chi connectivity index (χ2n) is 9.75. The number of hydrogen-bond acceptors (Lipinski definition) is 6. The quantitative estimate of drug-likeness (QED) is 0.138. The highest BCUT2D eigenvalue weighted by Gasteiger charge is 2.37. The third-order valence-corrected chi connectivity index (χ3v) is 8.28. The zero-order chi connectivity index (χ0) is 31.4. The number of nitrogens with one attached hydrogen (secondary N) is 1. The van der Waals surface area contributed by atoms with Gasteiger partial charge in [-0.2, -0.15) is 0 Å². The number of barbiturate groups is 1. The lowest BCUT2D eigenvalue weighted by Gasteiger charge is -2.26. The van der Waals surface area contributed by atoms with Crippen molar-refractivity contribution in [2.45, 2.75) is 20.1 Å². The summed E-state index contributed by atoms with van der Waals surface area (Å²) in [6, 6.07) is 22.8. The molecule has 0 spiro atoms. The summed E-state index contributed by atoms with van der Waals surface area (Å²) >= 11 is 13.3. The van der Waals surface area contributed by atoms with E-state index in [1.807, 2.05) is 48.5 Å². The molecule has 0 saturated carbocycles. The Bertz CT molecular complexity index is 1770. The molecule has 1 heterocycles. The van der Waals surface area contributed by atoms with Crippen LogP contribution in [0.1, 0.15) is 22.3 Å². The Kier molecular flexibility index (Phi) is 9.73. The average Bonchev–Trinajstić information content (AvgIpc) is 3.00. The molecular formula is C33H25Br2ClN2O6.